The zero-order chi connectivity index (χ0) is 10.3. The Morgan fingerprint density at radius 3 is 2.86 bits per heavy atom. The summed E-state index contributed by atoms with van der Waals surface area (Å²) in [5, 5.41) is 8.82. The van der Waals surface area contributed by atoms with Crippen LogP contribution in [0.5, 0.6) is 0 Å². The number of benzene rings is 1. The molecule has 2 nitrogen and oxygen atoms in total. The van der Waals surface area contributed by atoms with E-state index in [0.717, 1.165) is 12.0 Å². The monoisotopic (exact) mass is 186 g/mol. The number of nitriles is 1. The topological polar surface area (TPSA) is 49.8 Å². The standard InChI is InChI=1S/C12H14N2/c1-12(2)6-11(14)9-4-3-8(7-13)5-10(9)12/h3-5,11H,6,14H2,1-2H3. The lowest BCUT2D eigenvalue weighted by Crippen LogP contribution is -2.14. The smallest absolute Gasteiger partial charge is 0.0991 e. The van der Waals surface area contributed by atoms with Crippen LogP contribution in [0.2, 0.25) is 0 Å². The molecule has 0 heterocycles. The first kappa shape index (κ1) is 9.23. The first-order chi connectivity index (χ1) is 6.54. The maximum atomic E-state index is 8.82. The molecular formula is C12H14N2. The predicted octanol–water partition coefficient (Wildman–Crippen LogP) is 2.24. The van der Waals surface area contributed by atoms with Gasteiger partial charge in [-0.2, -0.15) is 5.26 Å². The van der Waals surface area contributed by atoms with Crippen LogP contribution < -0.4 is 5.73 Å². The van der Waals surface area contributed by atoms with Crippen LogP contribution in [-0.2, 0) is 5.41 Å². The molecule has 2 rings (SSSR count). The lowest BCUT2D eigenvalue weighted by Gasteiger charge is -2.18. The van der Waals surface area contributed by atoms with Gasteiger partial charge in [0.05, 0.1) is 11.6 Å². The van der Waals surface area contributed by atoms with E-state index in [9.17, 15) is 0 Å². The minimum absolute atomic E-state index is 0.113. The van der Waals surface area contributed by atoms with Gasteiger partial charge < -0.3 is 5.73 Å². The average Bonchev–Trinajstić information content (AvgIpc) is 2.37. The lowest BCUT2D eigenvalue weighted by atomic mass is 9.86. The van der Waals surface area contributed by atoms with Crippen LogP contribution in [0.4, 0.5) is 0 Å². The maximum Gasteiger partial charge on any atom is 0.0991 e. The van der Waals surface area contributed by atoms with Crippen molar-refractivity contribution in [3.63, 3.8) is 0 Å². The van der Waals surface area contributed by atoms with Crippen molar-refractivity contribution < 1.29 is 0 Å². The zero-order valence-corrected chi connectivity index (χ0v) is 8.54. The van der Waals surface area contributed by atoms with Crippen molar-refractivity contribution >= 4 is 0 Å². The number of nitrogens with two attached hydrogens (primary N) is 1. The molecule has 0 bridgehead atoms. The molecule has 1 aromatic carbocycles. The quantitative estimate of drug-likeness (QED) is 0.675. The van der Waals surface area contributed by atoms with Crippen LogP contribution in [0.1, 0.15) is 43.0 Å². The molecule has 0 spiro atoms. The Morgan fingerprint density at radius 1 is 1.50 bits per heavy atom. The van der Waals surface area contributed by atoms with E-state index in [1.807, 2.05) is 18.2 Å². The summed E-state index contributed by atoms with van der Waals surface area (Å²) >= 11 is 0. The van der Waals surface area contributed by atoms with Crippen LogP contribution in [0.3, 0.4) is 0 Å². The fraction of sp³-hybridized carbons (Fsp3) is 0.417. The van der Waals surface area contributed by atoms with Gasteiger partial charge in [-0.3, -0.25) is 0 Å². The SMILES string of the molecule is CC1(C)CC(N)c2ccc(C#N)cc21. The normalized spacial score (nSPS) is 22.9. The predicted molar refractivity (Wildman–Crippen MR) is 55.7 cm³/mol. The van der Waals surface area contributed by atoms with Gasteiger partial charge in [-0.05, 0) is 35.1 Å². The van der Waals surface area contributed by atoms with E-state index in [-0.39, 0.29) is 11.5 Å². The lowest BCUT2D eigenvalue weighted by molar-refractivity contribution is 0.481. The van der Waals surface area contributed by atoms with Crippen molar-refractivity contribution in [2.45, 2.75) is 31.7 Å². The van der Waals surface area contributed by atoms with Crippen molar-refractivity contribution in [1.82, 2.24) is 0 Å². The maximum absolute atomic E-state index is 8.82. The van der Waals surface area contributed by atoms with E-state index >= 15 is 0 Å². The highest BCUT2D eigenvalue weighted by Crippen LogP contribution is 2.43. The second-order valence-electron chi connectivity index (χ2n) is 4.61. The molecule has 72 valence electrons. The van der Waals surface area contributed by atoms with Crippen LogP contribution in [-0.4, -0.2) is 0 Å². The minimum atomic E-state index is 0.113. The van der Waals surface area contributed by atoms with Gasteiger partial charge >= 0.3 is 0 Å². The van der Waals surface area contributed by atoms with Gasteiger partial charge in [0, 0.05) is 6.04 Å². The third-order valence-corrected chi connectivity index (χ3v) is 3.04. The molecule has 0 fully saturated rings. The van der Waals surface area contributed by atoms with Gasteiger partial charge in [-0.15, -0.1) is 0 Å². The number of fused-ring (bicyclic) bond motifs is 1. The fourth-order valence-corrected chi connectivity index (χ4v) is 2.30. The number of hydrogen-bond acceptors (Lipinski definition) is 2. The minimum Gasteiger partial charge on any atom is -0.324 e. The molecule has 1 aromatic rings. The van der Waals surface area contributed by atoms with E-state index < -0.39 is 0 Å². The highest BCUT2D eigenvalue weighted by molar-refractivity contribution is 5.46. The summed E-state index contributed by atoms with van der Waals surface area (Å²) in [6, 6.07) is 8.12. The molecule has 0 saturated heterocycles. The first-order valence-corrected chi connectivity index (χ1v) is 4.85. The fourth-order valence-electron chi connectivity index (χ4n) is 2.30. The Bertz CT molecular complexity index is 413. The molecule has 2 N–H and O–H groups in total. The van der Waals surface area contributed by atoms with Gasteiger partial charge in [-0.25, -0.2) is 0 Å². The molecule has 0 amide bonds. The van der Waals surface area contributed by atoms with Crippen LogP contribution in [0.25, 0.3) is 0 Å². The molecule has 14 heavy (non-hydrogen) atoms. The van der Waals surface area contributed by atoms with Crippen LogP contribution >= 0.6 is 0 Å². The summed E-state index contributed by atoms with van der Waals surface area (Å²) in [5.41, 5.74) is 9.31. The van der Waals surface area contributed by atoms with Crippen LogP contribution in [0.15, 0.2) is 18.2 Å². The molecule has 1 aliphatic carbocycles. The molecule has 1 atom stereocenters. The molecule has 0 radical (unpaired) electrons. The highest BCUT2D eigenvalue weighted by atomic mass is 14.7. The summed E-state index contributed by atoms with van der Waals surface area (Å²) in [5.74, 6) is 0. The Hall–Kier alpha value is -1.33. The Kier molecular flexibility index (Phi) is 1.87. The third-order valence-electron chi connectivity index (χ3n) is 3.04. The number of hydrogen-bond donors (Lipinski definition) is 1. The third kappa shape index (κ3) is 1.21. The highest BCUT2D eigenvalue weighted by Gasteiger charge is 2.34. The molecule has 2 heteroatoms. The summed E-state index contributed by atoms with van der Waals surface area (Å²) in [6.45, 7) is 4.36. The van der Waals surface area contributed by atoms with Gasteiger partial charge in [0.2, 0.25) is 0 Å². The molecule has 1 aliphatic rings. The van der Waals surface area contributed by atoms with Crippen molar-refractivity contribution in [2.24, 2.45) is 5.73 Å². The van der Waals surface area contributed by atoms with Gasteiger partial charge in [0.1, 0.15) is 0 Å². The van der Waals surface area contributed by atoms with E-state index in [2.05, 4.69) is 19.9 Å². The summed E-state index contributed by atoms with van der Waals surface area (Å²) in [7, 11) is 0. The Morgan fingerprint density at radius 2 is 2.21 bits per heavy atom. The van der Waals surface area contributed by atoms with Gasteiger partial charge in [0.25, 0.3) is 0 Å². The zero-order valence-electron chi connectivity index (χ0n) is 8.54. The molecule has 0 saturated carbocycles. The molecule has 0 aromatic heterocycles. The molecule has 0 aliphatic heterocycles. The molecule has 1 unspecified atom stereocenters. The van der Waals surface area contributed by atoms with Crippen molar-refractivity contribution in [2.75, 3.05) is 0 Å². The van der Waals surface area contributed by atoms with E-state index in [1.54, 1.807) is 0 Å². The van der Waals surface area contributed by atoms with Crippen molar-refractivity contribution in [3.05, 3.63) is 34.9 Å². The van der Waals surface area contributed by atoms with Crippen molar-refractivity contribution in [3.8, 4) is 6.07 Å². The largest absolute Gasteiger partial charge is 0.324 e. The second-order valence-corrected chi connectivity index (χ2v) is 4.61. The summed E-state index contributed by atoms with van der Waals surface area (Å²) < 4.78 is 0. The van der Waals surface area contributed by atoms with Crippen LogP contribution in [0, 0.1) is 11.3 Å². The first-order valence-electron chi connectivity index (χ1n) is 4.85. The number of nitrogens with zero attached hydrogens (tertiary/aromatic N) is 1. The Labute approximate surface area is 84.3 Å². The second kappa shape index (κ2) is 2.83. The summed E-state index contributed by atoms with van der Waals surface area (Å²) in [6.07, 6.45) is 0.969. The van der Waals surface area contributed by atoms with E-state index in [4.69, 9.17) is 11.0 Å². The summed E-state index contributed by atoms with van der Waals surface area (Å²) in [4.78, 5) is 0. The van der Waals surface area contributed by atoms with Crippen molar-refractivity contribution in [1.29, 1.82) is 5.26 Å². The van der Waals surface area contributed by atoms with Gasteiger partial charge in [-0.1, -0.05) is 19.9 Å². The van der Waals surface area contributed by atoms with E-state index in [0.29, 0.717) is 0 Å². The number of rotatable bonds is 0. The van der Waals surface area contributed by atoms with E-state index in [1.165, 1.54) is 11.1 Å². The average molecular weight is 186 g/mol. The Balaban J connectivity index is 2.60. The molecular weight excluding hydrogens is 172 g/mol. The van der Waals surface area contributed by atoms with Gasteiger partial charge in [0.15, 0.2) is 0 Å².